The van der Waals surface area contributed by atoms with Gasteiger partial charge in [0.25, 0.3) is 0 Å². The Bertz CT molecular complexity index is 1010. The van der Waals surface area contributed by atoms with Crippen LogP contribution in [0.1, 0.15) is 21.6 Å². The highest BCUT2D eigenvalue weighted by atomic mass is 19.4. The number of hydrogen-bond donors (Lipinski definition) is 0. The number of aromatic nitrogens is 2. The minimum absolute atomic E-state index is 0.0846. The molecule has 0 aliphatic heterocycles. The molecule has 0 aliphatic rings. The van der Waals surface area contributed by atoms with E-state index >= 15 is 0 Å². The van der Waals surface area contributed by atoms with E-state index in [-0.39, 0.29) is 28.7 Å². The summed E-state index contributed by atoms with van der Waals surface area (Å²) in [5, 5.41) is 4.36. The Kier molecular flexibility index (Phi) is 4.77. The Balaban J connectivity index is 2.11. The maximum absolute atomic E-state index is 14.2. The molecule has 2 aromatic carbocycles. The lowest BCUT2D eigenvalue weighted by molar-refractivity contribution is -0.274. The molecular formula is C18H14F4N2O3. The summed E-state index contributed by atoms with van der Waals surface area (Å²) in [5.41, 5.74) is 1.08. The van der Waals surface area contributed by atoms with Gasteiger partial charge in [0.15, 0.2) is 5.69 Å². The maximum Gasteiger partial charge on any atom is 0.573 e. The normalized spacial score (nSPS) is 11.6. The summed E-state index contributed by atoms with van der Waals surface area (Å²) in [6.45, 7) is 1.64. The second-order valence-electron chi connectivity index (χ2n) is 5.82. The van der Waals surface area contributed by atoms with Gasteiger partial charge in [-0.1, -0.05) is 12.1 Å². The van der Waals surface area contributed by atoms with Gasteiger partial charge in [0, 0.05) is 17.0 Å². The Morgan fingerprint density at radius 1 is 1.19 bits per heavy atom. The fraction of sp³-hybridized carbons (Fsp3) is 0.222. The second-order valence-corrected chi connectivity index (χ2v) is 5.82. The summed E-state index contributed by atoms with van der Waals surface area (Å²) in [5.74, 6) is -1.72. The number of halogens is 4. The smallest absolute Gasteiger partial charge is 0.464 e. The zero-order valence-corrected chi connectivity index (χ0v) is 14.3. The molecule has 0 amide bonds. The molecule has 0 saturated heterocycles. The standard InChI is InChI=1S/C18H14F4N2O3/c1-10-3-4-11(14(19)7-10)9-24-15-8-12(27-18(20,21)22)5-6-13(15)16(23-24)17(25)26-2/h3-8H,9H2,1-2H3. The van der Waals surface area contributed by atoms with Crippen LogP contribution in [-0.4, -0.2) is 29.2 Å². The second kappa shape index (κ2) is 6.90. The Labute approximate surface area is 151 Å². The maximum atomic E-state index is 14.2. The molecule has 0 saturated carbocycles. The quantitative estimate of drug-likeness (QED) is 0.501. The molecule has 0 spiro atoms. The van der Waals surface area contributed by atoms with Crippen molar-refractivity contribution in [2.24, 2.45) is 0 Å². The monoisotopic (exact) mass is 382 g/mol. The van der Waals surface area contributed by atoms with E-state index in [4.69, 9.17) is 0 Å². The van der Waals surface area contributed by atoms with E-state index in [0.29, 0.717) is 0 Å². The highest BCUT2D eigenvalue weighted by molar-refractivity contribution is 6.02. The molecule has 0 N–H and O–H groups in total. The first kappa shape index (κ1) is 18.7. The molecule has 0 atom stereocenters. The fourth-order valence-electron chi connectivity index (χ4n) is 2.66. The lowest BCUT2D eigenvalue weighted by Crippen LogP contribution is -2.17. The zero-order valence-electron chi connectivity index (χ0n) is 14.3. The summed E-state index contributed by atoms with van der Waals surface area (Å²) in [7, 11) is 1.16. The van der Waals surface area contributed by atoms with Gasteiger partial charge in [-0.05, 0) is 30.7 Å². The van der Waals surface area contributed by atoms with Crippen molar-refractivity contribution in [2.75, 3.05) is 7.11 Å². The first-order chi connectivity index (χ1) is 12.7. The van der Waals surface area contributed by atoms with E-state index in [1.54, 1.807) is 19.1 Å². The van der Waals surface area contributed by atoms with Crippen LogP contribution in [0.5, 0.6) is 5.75 Å². The van der Waals surface area contributed by atoms with Gasteiger partial charge >= 0.3 is 12.3 Å². The molecule has 0 unspecified atom stereocenters. The molecular weight excluding hydrogens is 368 g/mol. The number of esters is 1. The lowest BCUT2D eigenvalue weighted by Gasteiger charge is -2.10. The number of rotatable bonds is 4. The molecule has 142 valence electrons. The molecule has 0 fully saturated rings. The number of benzene rings is 2. The number of methoxy groups -OCH3 is 1. The van der Waals surface area contributed by atoms with Crippen LogP contribution >= 0.6 is 0 Å². The lowest BCUT2D eigenvalue weighted by atomic mass is 10.1. The third kappa shape index (κ3) is 4.02. The van der Waals surface area contributed by atoms with Crippen LogP contribution in [0.4, 0.5) is 17.6 Å². The molecule has 1 aromatic heterocycles. The summed E-state index contributed by atoms with van der Waals surface area (Å²) >= 11 is 0. The SMILES string of the molecule is COC(=O)c1nn(Cc2ccc(C)cc2F)c2cc(OC(F)(F)F)ccc12. The van der Waals surface area contributed by atoms with Crippen LogP contribution in [-0.2, 0) is 11.3 Å². The number of fused-ring (bicyclic) bond motifs is 1. The topological polar surface area (TPSA) is 53.3 Å². The van der Waals surface area contributed by atoms with Crippen LogP contribution in [0.25, 0.3) is 10.9 Å². The van der Waals surface area contributed by atoms with E-state index in [2.05, 4.69) is 14.6 Å². The van der Waals surface area contributed by atoms with Crippen molar-refractivity contribution in [1.29, 1.82) is 0 Å². The van der Waals surface area contributed by atoms with Crippen molar-refractivity contribution in [3.05, 3.63) is 59.0 Å². The first-order valence-corrected chi connectivity index (χ1v) is 7.77. The van der Waals surface area contributed by atoms with Crippen molar-refractivity contribution < 1.29 is 31.8 Å². The third-order valence-electron chi connectivity index (χ3n) is 3.86. The van der Waals surface area contributed by atoms with Gasteiger partial charge in [-0.15, -0.1) is 13.2 Å². The Morgan fingerprint density at radius 3 is 2.56 bits per heavy atom. The summed E-state index contributed by atoms with van der Waals surface area (Å²) in [6.07, 6.45) is -4.87. The average molecular weight is 382 g/mol. The summed E-state index contributed by atoms with van der Waals surface area (Å²) < 4.78 is 61.5. The fourth-order valence-corrected chi connectivity index (χ4v) is 2.66. The number of ether oxygens (including phenoxy) is 2. The third-order valence-corrected chi connectivity index (χ3v) is 3.86. The van der Waals surface area contributed by atoms with E-state index < -0.39 is 23.9 Å². The predicted octanol–water partition coefficient (Wildman–Crippen LogP) is 4.22. The van der Waals surface area contributed by atoms with Crippen LogP contribution in [0.15, 0.2) is 36.4 Å². The van der Waals surface area contributed by atoms with Gasteiger partial charge in [0.1, 0.15) is 11.6 Å². The Hall–Kier alpha value is -3.10. The van der Waals surface area contributed by atoms with Crippen molar-refractivity contribution in [3.8, 4) is 5.75 Å². The minimum atomic E-state index is -4.87. The zero-order chi connectivity index (χ0) is 19.8. The Morgan fingerprint density at radius 2 is 1.93 bits per heavy atom. The molecule has 27 heavy (non-hydrogen) atoms. The average Bonchev–Trinajstić information content (AvgIpc) is 2.93. The van der Waals surface area contributed by atoms with E-state index in [1.807, 2.05) is 0 Å². The number of hydrogen-bond acceptors (Lipinski definition) is 4. The molecule has 9 heteroatoms. The van der Waals surface area contributed by atoms with E-state index in [1.165, 1.54) is 16.8 Å². The van der Waals surface area contributed by atoms with E-state index in [9.17, 15) is 22.4 Å². The largest absolute Gasteiger partial charge is 0.573 e. The van der Waals surface area contributed by atoms with Gasteiger partial charge in [0.2, 0.25) is 0 Å². The van der Waals surface area contributed by atoms with E-state index in [0.717, 1.165) is 24.8 Å². The van der Waals surface area contributed by atoms with Crippen LogP contribution in [0.3, 0.4) is 0 Å². The number of alkyl halides is 3. The molecule has 0 radical (unpaired) electrons. The number of carbonyl (C=O) groups excluding carboxylic acids is 1. The van der Waals surface area contributed by atoms with Crippen LogP contribution in [0, 0.1) is 12.7 Å². The van der Waals surface area contributed by atoms with Gasteiger partial charge in [-0.2, -0.15) is 5.10 Å². The van der Waals surface area contributed by atoms with Crippen LogP contribution in [0.2, 0.25) is 0 Å². The molecule has 0 bridgehead atoms. The highest BCUT2D eigenvalue weighted by Gasteiger charge is 2.31. The highest BCUT2D eigenvalue weighted by Crippen LogP contribution is 2.29. The van der Waals surface area contributed by atoms with Gasteiger partial charge < -0.3 is 9.47 Å². The minimum Gasteiger partial charge on any atom is -0.464 e. The van der Waals surface area contributed by atoms with Gasteiger partial charge in [0.05, 0.1) is 19.2 Å². The predicted molar refractivity (Wildman–Crippen MR) is 88.0 cm³/mol. The van der Waals surface area contributed by atoms with Gasteiger partial charge in [-0.25, -0.2) is 9.18 Å². The molecule has 0 aliphatic carbocycles. The van der Waals surface area contributed by atoms with Crippen molar-refractivity contribution in [1.82, 2.24) is 9.78 Å². The summed E-state index contributed by atoms with van der Waals surface area (Å²) in [6, 6.07) is 8.02. The molecule has 3 aromatic rings. The van der Waals surface area contributed by atoms with Gasteiger partial charge in [-0.3, -0.25) is 4.68 Å². The molecule has 3 rings (SSSR count). The van der Waals surface area contributed by atoms with Crippen molar-refractivity contribution in [2.45, 2.75) is 19.8 Å². The molecule has 1 heterocycles. The molecule has 5 nitrogen and oxygen atoms in total. The van der Waals surface area contributed by atoms with Crippen LogP contribution < -0.4 is 4.74 Å². The van der Waals surface area contributed by atoms with Crippen molar-refractivity contribution in [3.63, 3.8) is 0 Å². The number of aryl methyl sites for hydroxylation is 1. The number of nitrogens with zero attached hydrogens (tertiary/aromatic N) is 2. The summed E-state index contributed by atoms with van der Waals surface area (Å²) in [4.78, 5) is 11.9. The van der Waals surface area contributed by atoms with Crippen molar-refractivity contribution >= 4 is 16.9 Å². The first-order valence-electron chi connectivity index (χ1n) is 7.77. The number of carbonyl (C=O) groups is 1.